The molecule has 1 aromatic carbocycles. The molecule has 1 aromatic heterocycles. The van der Waals surface area contributed by atoms with E-state index in [9.17, 15) is 4.79 Å². The van der Waals surface area contributed by atoms with Crippen molar-refractivity contribution in [2.75, 3.05) is 7.11 Å². The van der Waals surface area contributed by atoms with Crippen LogP contribution in [0.3, 0.4) is 0 Å². The third-order valence-corrected chi connectivity index (χ3v) is 3.57. The van der Waals surface area contributed by atoms with E-state index in [0.717, 1.165) is 17.5 Å². The SMILES string of the molecule is COC(=O)c1ccc2c(c1)C(N)(c1nnn[nH]1)CC2. The lowest BCUT2D eigenvalue weighted by Gasteiger charge is -2.21. The van der Waals surface area contributed by atoms with Crippen molar-refractivity contribution in [2.45, 2.75) is 18.4 Å². The average Bonchev–Trinajstić information content (AvgIpc) is 3.07. The fourth-order valence-corrected chi connectivity index (χ4v) is 2.52. The lowest BCUT2D eigenvalue weighted by Crippen LogP contribution is -2.37. The van der Waals surface area contributed by atoms with Crippen LogP contribution in [0, 0.1) is 0 Å². The van der Waals surface area contributed by atoms with Crippen LogP contribution in [0.15, 0.2) is 18.2 Å². The molecule has 0 spiro atoms. The maximum Gasteiger partial charge on any atom is 0.337 e. The number of nitrogens with two attached hydrogens (primary N) is 1. The highest BCUT2D eigenvalue weighted by Crippen LogP contribution is 2.38. The van der Waals surface area contributed by atoms with E-state index in [2.05, 4.69) is 20.6 Å². The van der Waals surface area contributed by atoms with Crippen LogP contribution in [0.1, 0.15) is 33.7 Å². The number of carbonyl (C=O) groups excluding carboxylic acids is 1. The maximum absolute atomic E-state index is 11.6. The number of aromatic nitrogens is 4. The van der Waals surface area contributed by atoms with E-state index in [4.69, 9.17) is 10.5 Å². The van der Waals surface area contributed by atoms with Gasteiger partial charge in [0.1, 0.15) is 5.54 Å². The molecule has 98 valence electrons. The Balaban J connectivity index is 2.11. The van der Waals surface area contributed by atoms with E-state index in [0.29, 0.717) is 17.8 Å². The highest BCUT2D eigenvalue weighted by molar-refractivity contribution is 5.89. The number of nitrogens with zero attached hydrogens (tertiary/aromatic N) is 3. The Morgan fingerprint density at radius 2 is 2.37 bits per heavy atom. The van der Waals surface area contributed by atoms with Crippen LogP contribution in [0.4, 0.5) is 0 Å². The molecule has 3 rings (SSSR count). The van der Waals surface area contributed by atoms with Gasteiger partial charge >= 0.3 is 5.97 Å². The Labute approximate surface area is 109 Å². The summed E-state index contributed by atoms with van der Waals surface area (Å²) in [5.74, 6) is 0.126. The fourth-order valence-electron chi connectivity index (χ4n) is 2.52. The largest absolute Gasteiger partial charge is 0.465 e. The number of nitrogens with one attached hydrogen (secondary N) is 1. The van der Waals surface area contributed by atoms with Gasteiger partial charge < -0.3 is 10.5 Å². The Bertz CT molecular complexity index is 625. The van der Waals surface area contributed by atoms with Crippen molar-refractivity contribution < 1.29 is 9.53 Å². The average molecular weight is 259 g/mol. The third kappa shape index (κ3) is 1.70. The van der Waals surface area contributed by atoms with Crippen LogP contribution >= 0.6 is 0 Å². The molecule has 1 unspecified atom stereocenters. The molecule has 2 aromatic rings. The quantitative estimate of drug-likeness (QED) is 0.743. The predicted molar refractivity (Wildman–Crippen MR) is 65.2 cm³/mol. The normalized spacial score (nSPS) is 21.2. The first-order valence-electron chi connectivity index (χ1n) is 5.90. The summed E-state index contributed by atoms with van der Waals surface area (Å²) in [5.41, 5.74) is 8.10. The van der Waals surface area contributed by atoms with Crippen LogP contribution in [0.5, 0.6) is 0 Å². The molecule has 0 fully saturated rings. The second-order valence-electron chi connectivity index (χ2n) is 4.58. The molecule has 7 heteroatoms. The van der Waals surface area contributed by atoms with Crippen LogP contribution in [0.2, 0.25) is 0 Å². The lowest BCUT2D eigenvalue weighted by atomic mass is 9.91. The molecule has 0 amide bonds. The molecular weight excluding hydrogens is 246 g/mol. The lowest BCUT2D eigenvalue weighted by molar-refractivity contribution is 0.0600. The van der Waals surface area contributed by atoms with Crippen LogP contribution in [-0.4, -0.2) is 33.7 Å². The van der Waals surface area contributed by atoms with Gasteiger partial charge in [-0.25, -0.2) is 9.89 Å². The third-order valence-electron chi connectivity index (χ3n) is 3.57. The summed E-state index contributed by atoms with van der Waals surface area (Å²) in [7, 11) is 1.35. The van der Waals surface area contributed by atoms with Gasteiger partial charge in [-0.1, -0.05) is 6.07 Å². The Kier molecular flexibility index (Phi) is 2.56. The van der Waals surface area contributed by atoms with Crippen molar-refractivity contribution in [1.82, 2.24) is 20.6 Å². The van der Waals surface area contributed by atoms with Gasteiger partial charge in [0.05, 0.1) is 12.7 Å². The molecule has 1 aliphatic rings. The molecule has 1 aliphatic carbocycles. The first kappa shape index (κ1) is 11.8. The van der Waals surface area contributed by atoms with E-state index in [1.54, 1.807) is 12.1 Å². The number of aromatic amines is 1. The number of hydrogen-bond donors (Lipinski definition) is 2. The topological polar surface area (TPSA) is 107 Å². The summed E-state index contributed by atoms with van der Waals surface area (Å²) in [5, 5.41) is 13.7. The Hall–Kier alpha value is -2.28. The molecule has 3 N–H and O–H groups in total. The first-order chi connectivity index (χ1) is 9.15. The van der Waals surface area contributed by atoms with E-state index < -0.39 is 5.54 Å². The smallest absolute Gasteiger partial charge is 0.337 e. The zero-order valence-corrected chi connectivity index (χ0v) is 10.4. The number of ether oxygens (including phenoxy) is 1. The van der Waals surface area contributed by atoms with Gasteiger partial charge in [-0.3, -0.25) is 0 Å². The molecule has 0 bridgehead atoms. The summed E-state index contributed by atoms with van der Waals surface area (Å²) in [6.45, 7) is 0. The summed E-state index contributed by atoms with van der Waals surface area (Å²) < 4.78 is 4.73. The molecule has 0 aliphatic heterocycles. The first-order valence-corrected chi connectivity index (χ1v) is 5.90. The number of methoxy groups -OCH3 is 1. The van der Waals surface area contributed by atoms with Crippen molar-refractivity contribution in [3.8, 4) is 0 Å². The van der Waals surface area contributed by atoms with Gasteiger partial charge in [0.2, 0.25) is 0 Å². The van der Waals surface area contributed by atoms with Gasteiger partial charge in [-0.05, 0) is 46.5 Å². The molecule has 1 heterocycles. The summed E-state index contributed by atoms with van der Waals surface area (Å²) in [4.78, 5) is 11.6. The Morgan fingerprint density at radius 3 is 3.05 bits per heavy atom. The minimum absolute atomic E-state index is 0.382. The van der Waals surface area contributed by atoms with Gasteiger partial charge in [0, 0.05) is 0 Å². The molecular formula is C12H13N5O2. The van der Waals surface area contributed by atoms with Crippen molar-refractivity contribution in [1.29, 1.82) is 0 Å². The number of rotatable bonds is 2. The number of tetrazole rings is 1. The molecule has 19 heavy (non-hydrogen) atoms. The zero-order chi connectivity index (χ0) is 13.5. The monoisotopic (exact) mass is 259 g/mol. The number of benzene rings is 1. The highest BCUT2D eigenvalue weighted by Gasteiger charge is 2.40. The standard InChI is InChI=1S/C12H13N5O2/c1-19-10(18)8-3-2-7-4-5-12(13,9(7)6-8)11-14-16-17-15-11/h2-3,6H,4-5,13H2,1H3,(H,14,15,16,17). The van der Waals surface area contributed by atoms with E-state index in [1.165, 1.54) is 7.11 Å². The molecule has 1 atom stereocenters. The summed E-state index contributed by atoms with van der Waals surface area (Å²) >= 11 is 0. The van der Waals surface area contributed by atoms with E-state index in [1.807, 2.05) is 6.07 Å². The van der Waals surface area contributed by atoms with Crippen molar-refractivity contribution in [2.24, 2.45) is 5.73 Å². The summed E-state index contributed by atoms with van der Waals surface area (Å²) in [6.07, 6.45) is 1.53. The minimum atomic E-state index is -0.775. The maximum atomic E-state index is 11.6. The zero-order valence-electron chi connectivity index (χ0n) is 10.4. The summed E-state index contributed by atoms with van der Waals surface area (Å²) in [6, 6.07) is 5.41. The molecule has 7 nitrogen and oxygen atoms in total. The second-order valence-corrected chi connectivity index (χ2v) is 4.58. The minimum Gasteiger partial charge on any atom is -0.465 e. The molecule has 0 radical (unpaired) electrons. The van der Waals surface area contributed by atoms with Crippen LogP contribution in [0.25, 0.3) is 0 Å². The van der Waals surface area contributed by atoms with Crippen molar-refractivity contribution in [3.05, 3.63) is 40.7 Å². The number of fused-ring (bicyclic) bond motifs is 1. The van der Waals surface area contributed by atoms with Crippen LogP contribution < -0.4 is 5.73 Å². The number of aryl methyl sites for hydroxylation is 1. The van der Waals surface area contributed by atoms with Gasteiger partial charge in [-0.15, -0.1) is 5.10 Å². The van der Waals surface area contributed by atoms with Crippen molar-refractivity contribution >= 4 is 5.97 Å². The molecule has 0 saturated carbocycles. The fraction of sp³-hybridized carbons (Fsp3) is 0.333. The van der Waals surface area contributed by atoms with Gasteiger partial charge in [-0.2, -0.15) is 0 Å². The number of hydrogen-bond acceptors (Lipinski definition) is 6. The van der Waals surface area contributed by atoms with Crippen molar-refractivity contribution in [3.63, 3.8) is 0 Å². The van der Waals surface area contributed by atoms with E-state index in [-0.39, 0.29) is 5.97 Å². The second kappa shape index (κ2) is 4.13. The Morgan fingerprint density at radius 1 is 1.53 bits per heavy atom. The number of carbonyl (C=O) groups is 1. The predicted octanol–water partition coefficient (Wildman–Crippen LogP) is 0.135. The number of esters is 1. The van der Waals surface area contributed by atoms with E-state index >= 15 is 0 Å². The number of H-pyrrole nitrogens is 1. The van der Waals surface area contributed by atoms with Crippen LogP contribution in [-0.2, 0) is 16.7 Å². The molecule has 0 saturated heterocycles. The van der Waals surface area contributed by atoms with Gasteiger partial charge in [0.25, 0.3) is 0 Å². The van der Waals surface area contributed by atoms with Gasteiger partial charge in [0.15, 0.2) is 5.82 Å². The highest BCUT2D eigenvalue weighted by atomic mass is 16.5.